The van der Waals surface area contributed by atoms with Crippen LogP contribution in [0.5, 0.6) is 23.3 Å². The van der Waals surface area contributed by atoms with Crippen LogP contribution in [0.3, 0.4) is 0 Å². The number of allylic oxidation sites excluding steroid dienone is 3. The second kappa shape index (κ2) is 34.7. The van der Waals surface area contributed by atoms with E-state index < -0.39 is 129 Å². The summed E-state index contributed by atoms with van der Waals surface area (Å²) in [4.78, 5) is 128. The molecule has 30 nitrogen and oxygen atoms in total. The third-order valence-electron chi connectivity index (χ3n) is 19.8. The number of carbonyl (C=O) groups excluding carboxylic acids is 7. The number of urea groups is 1. The molecule has 4 aromatic carbocycles. The number of fused-ring (bicyclic) bond motifs is 2. The fourth-order valence-corrected chi connectivity index (χ4v) is 13.5. The summed E-state index contributed by atoms with van der Waals surface area (Å²) >= 11 is 0. The van der Waals surface area contributed by atoms with Crippen LogP contribution in [0.25, 0.3) is 38.7 Å². The fourth-order valence-electron chi connectivity index (χ4n) is 13.5. The lowest BCUT2D eigenvalue weighted by Crippen LogP contribution is -2.54. The number of hydrogen-bond acceptors (Lipinski definition) is 22. The van der Waals surface area contributed by atoms with Gasteiger partial charge < -0.3 is 96.5 Å². The van der Waals surface area contributed by atoms with E-state index in [0.717, 1.165) is 0 Å². The third kappa shape index (κ3) is 18.7. The Balaban J connectivity index is 0.886. The molecule has 6 aromatic rings. The maximum absolute atomic E-state index is 15.1. The Bertz CT molecular complexity index is 4670. The van der Waals surface area contributed by atoms with Crippen LogP contribution in [-0.2, 0) is 51.3 Å². The lowest BCUT2D eigenvalue weighted by molar-refractivity contribution is -0.155. The SMILES string of the molecule is C#CC1CC=COC2(C)Oc3c(C)c(O)c4c(=O)c(c5oc6cc(N7CCC(NC(=O)OCc8ccc(NC(=O)C(CCCNC(N)=O)NC(=O)C(NC(=O)CCCCCn9c(O)ccc9O)C(C)C)cc8)CC7)cc(=O)c6nc5c4c3=C2O)NC(=O)C(C)=CC=CC(C)C(O)C(C)C(O)C(C)C1OC(C)=O. The molecule has 0 radical (unpaired) electrons. The molecule has 10 atom stereocenters. The fraction of sp³-hybridized carbons (Fsp3) is 0.455. The van der Waals surface area contributed by atoms with Gasteiger partial charge in [-0.1, -0.05) is 77.3 Å². The number of anilines is 3. The van der Waals surface area contributed by atoms with Gasteiger partial charge >= 0.3 is 23.9 Å². The van der Waals surface area contributed by atoms with Gasteiger partial charge in [-0.3, -0.25) is 38.1 Å². The molecule has 2 aromatic heterocycles. The van der Waals surface area contributed by atoms with Crippen molar-refractivity contribution in [3.05, 3.63) is 121 Å². The van der Waals surface area contributed by atoms with E-state index in [9.17, 15) is 69.0 Å². The van der Waals surface area contributed by atoms with Gasteiger partial charge in [-0.25, -0.2) is 14.6 Å². The predicted molar refractivity (Wildman–Crippen MR) is 397 cm³/mol. The van der Waals surface area contributed by atoms with E-state index in [0.29, 0.717) is 68.7 Å². The van der Waals surface area contributed by atoms with Gasteiger partial charge in [-0.15, -0.1) is 6.42 Å². The Kier molecular flexibility index (Phi) is 25.9. The van der Waals surface area contributed by atoms with Gasteiger partial charge in [0.05, 0.1) is 35.0 Å². The summed E-state index contributed by atoms with van der Waals surface area (Å²) < 4.78 is 31.6. The Labute approximate surface area is 616 Å². The van der Waals surface area contributed by atoms with E-state index in [2.05, 4.69) is 37.8 Å². The highest BCUT2D eigenvalue weighted by Gasteiger charge is 2.44. The van der Waals surface area contributed by atoms with Gasteiger partial charge in [0.25, 0.3) is 5.91 Å². The number of hydrogen-bond donors (Lipinski definition) is 13. The molecular weight excluding hydrogens is 1380 g/mol. The Hall–Kier alpha value is -11.3. The number of piperidine rings is 1. The summed E-state index contributed by atoms with van der Waals surface area (Å²) in [5.41, 5.74) is 3.66. The van der Waals surface area contributed by atoms with Gasteiger partial charge in [-0.2, -0.15) is 0 Å². The molecule has 1 saturated heterocycles. The third-order valence-corrected chi connectivity index (χ3v) is 19.8. The quantitative estimate of drug-likeness (QED) is 0.0114. The number of benzene rings is 4. The molecule has 3 aliphatic heterocycles. The number of nitrogens with zero attached hydrogens (tertiary/aromatic N) is 3. The number of aromatic hydroxyl groups is 3. The van der Waals surface area contributed by atoms with Crippen molar-refractivity contribution in [1.82, 2.24) is 30.8 Å². The van der Waals surface area contributed by atoms with Crippen molar-refractivity contribution in [2.45, 2.75) is 175 Å². The smallest absolute Gasteiger partial charge is 0.407 e. The highest BCUT2D eigenvalue weighted by molar-refractivity contribution is 6.17. The monoisotopic (exact) mass is 1480 g/mol. The number of nitrogens with one attached hydrogen (secondary N) is 6. The van der Waals surface area contributed by atoms with Crippen LogP contribution in [0.1, 0.15) is 124 Å². The molecule has 7 amide bonds. The summed E-state index contributed by atoms with van der Waals surface area (Å²) in [5.74, 6) is -7.26. The Morgan fingerprint density at radius 1 is 0.879 bits per heavy atom. The van der Waals surface area contributed by atoms with Gasteiger partial charge in [-0.05, 0) is 88.5 Å². The molecule has 14 N–H and O–H groups in total. The van der Waals surface area contributed by atoms with Crippen molar-refractivity contribution >= 4 is 97.5 Å². The zero-order valence-corrected chi connectivity index (χ0v) is 61.2. The first kappa shape index (κ1) is 79.8. The van der Waals surface area contributed by atoms with Gasteiger partial charge in [0.15, 0.2) is 34.2 Å². The van der Waals surface area contributed by atoms with Gasteiger partial charge in [0, 0.05) is 122 Å². The molecule has 1 fully saturated rings. The minimum absolute atomic E-state index is 0.00942. The summed E-state index contributed by atoms with van der Waals surface area (Å²) in [6.07, 6.45) is 12.1. The molecule has 4 bridgehead atoms. The standard InChI is InChI=1S/C77H94N10O20/c1-11-47-20-17-35-104-77(10)71(97)59-57-58(66(95)44(8)69(59)107-77)67(96)63(85-72(98)41(5)19-15-18-40(4)64(93)42(6)65(94)43(7)68(47)105-45(9)88)70-62(57)84-61-52(89)36-50(37-53(61)106-70)86-33-29-49(30-34-86)81-76(102)103-38-46-23-25-48(26-24-46)80-73(99)51(21-16-31-79-75(78)101)82-74(100)60(39(2)3)83-54(90)22-13-12-14-32-87-55(91)27-28-56(87)92/h1,15,17-19,23-28,35-37,39-40,42-43,47,49,51,60,64-65,68,91-95,97H,12-14,16,20-22,29-34,38H2,2-10H3,(H,80,99)(H,81,102)(H,82,100)(H,83,90)(H,85,98)(H3,78,79,101). The molecule has 10 unspecified atom stereocenters. The molecule has 5 heterocycles. The number of aliphatic hydroxyl groups is 3. The largest absolute Gasteiger partial charge is 0.507 e. The number of phenols is 1. The summed E-state index contributed by atoms with van der Waals surface area (Å²) in [6.45, 7) is 15.0. The van der Waals surface area contributed by atoms with Crippen molar-refractivity contribution in [3.63, 3.8) is 0 Å². The topological polar surface area (TPSA) is 444 Å². The lowest BCUT2D eigenvalue weighted by atomic mass is 9.78. The average Bonchev–Trinajstić information content (AvgIpc) is 1.65. The second-order valence-corrected chi connectivity index (χ2v) is 28.0. The van der Waals surface area contributed by atoms with Crippen LogP contribution in [-0.4, -0.2) is 144 Å². The molecular formula is C77H94N10O20. The number of primary amides is 1. The number of amides is 7. The number of alkyl carbamates (subject to hydrolysis) is 1. The average molecular weight is 1480 g/mol. The van der Waals surface area contributed by atoms with Crippen molar-refractivity contribution in [2.24, 2.45) is 35.3 Å². The zero-order valence-electron chi connectivity index (χ0n) is 61.2. The van der Waals surface area contributed by atoms with Crippen LogP contribution in [0.4, 0.5) is 26.7 Å². The van der Waals surface area contributed by atoms with Crippen molar-refractivity contribution in [3.8, 4) is 35.6 Å². The molecule has 0 spiro atoms. The number of aliphatic hydroxyl groups excluding tert-OH is 3. The number of aromatic nitrogens is 2. The number of carbonyl (C=O) groups is 7. The van der Waals surface area contributed by atoms with E-state index in [1.807, 2.05) is 4.90 Å². The maximum Gasteiger partial charge on any atom is 0.407 e. The first-order valence-corrected chi connectivity index (χ1v) is 35.6. The maximum atomic E-state index is 15.1. The van der Waals surface area contributed by atoms with Gasteiger partial charge in [0.1, 0.15) is 47.5 Å². The summed E-state index contributed by atoms with van der Waals surface area (Å²) in [7, 11) is 0. The number of esters is 1. The highest BCUT2D eigenvalue weighted by atomic mass is 16.7. The Morgan fingerprint density at radius 3 is 2.24 bits per heavy atom. The molecule has 0 saturated carbocycles. The molecule has 0 aliphatic carbocycles. The minimum atomic E-state index is -2.05. The summed E-state index contributed by atoms with van der Waals surface area (Å²) in [5, 5.41) is 82.8. The molecule has 30 heteroatoms. The lowest BCUT2D eigenvalue weighted by Gasteiger charge is -2.36. The number of unbranched alkanes of at least 4 members (excludes halogenated alkanes) is 2. The molecule has 3 aliphatic rings. The predicted octanol–water partition coefficient (Wildman–Crippen LogP) is 6.93. The van der Waals surface area contributed by atoms with Crippen LogP contribution >= 0.6 is 0 Å². The number of ether oxygens (including phenoxy) is 4. The summed E-state index contributed by atoms with van der Waals surface area (Å²) in [6, 6.07) is 8.89. The first-order chi connectivity index (χ1) is 50.8. The van der Waals surface area contributed by atoms with Crippen LogP contribution in [0.15, 0.2) is 98.7 Å². The van der Waals surface area contributed by atoms with E-state index in [1.165, 1.54) is 75.0 Å². The van der Waals surface area contributed by atoms with Crippen LogP contribution in [0.2, 0.25) is 0 Å². The van der Waals surface area contributed by atoms with E-state index in [4.69, 9.17) is 40.5 Å². The first-order valence-electron chi connectivity index (χ1n) is 35.6. The van der Waals surface area contributed by atoms with Crippen molar-refractivity contribution < 1.29 is 87.6 Å². The van der Waals surface area contributed by atoms with E-state index >= 15 is 4.79 Å². The molecule has 107 heavy (non-hydrogen) atoms. The minimum Gasteiger partial charge on any atom is -0.507 e. The number of phenolic OH excluding ortho intramolecular Hbond substituents is 1. The van der Waals surface area contributed by atoms with Crippen molar-refractivity contribution in [2.75, 3.05) is 35.2 Å². The van der Waals surface area contributed by atoms with Crippen LogP contribution < -0.4 is 63.3 Å². The number of terminal acetylenes is 1. The highest BCUT2D eigenvalue weighted by Crippen LogP contribution is 2.43. The normalized spacial score (nSPS) is 21.4. The number of rotatable bonds is 21. The van der Waals surface area contributed by atoms with E-state index in [1.54, 1.807) is 71.0 Å². The van der Waals surface area contributed by atoms with Crippen molar-refractivity contribution in [1.29, 1.82) is 0 Å². The van der Waals surface area contributed by atoms with Gasteiger partial charge in [0.2, 0.25) is 28.6 Å². The second-order valence-electron chi connectivity index (χ2n) is 28.0. The van der Waals surface area contributed by atoms with Crippen LogP contribution in [0, 0.1) is 48.9 Å². The Morgan fingerprint density at radius 2 is 1.58 bits per heavy atom. The van der Waals surface area contributed by atoms with E-state index in [-0.39, 0.29) is 118 Å². The number of nitrogens with two attached hydrogens (primary N) is 1. The zero-order chi connectivity index (χ0) is 77.9. The molecule has 572 valence electrons. The molecule has 9 rings (SSSR count).